The molecule has 1 aromatic heterocycles. The first-order chi connectivity index (χ1) is 8.27. The summed E-state index contributed by atoms with van der Waals surface area (Å²) in [5.41, 5.74) is 2.21. The largest absolute Gasteiger partial charge is 0.372 e. The minimum atomic E-state index is -0.127. The Kier molecular flexibility index (Phi) is 2.44. The third-order valence-corrected chi connectivity index (χ3v) is 3.24. The van der Waals surface area contributed by atoms with Crippen molar-refractivity contribution >= 4 is 11.0 Å². The topological polar surface area (TPSA) is 44.1 Å². The maximum Gasteiger partial charge on any atom is 0.275 e. The van der Waals surface area contributed by atoms with E-state index in [1.54, 1.807) is 11.6 Å². The molecule has 2 aromatic rings. The number of benzene rings is 1. The van der Waals surface area contributed by atoms with E-state index in [9.17, 15) is 4.79 Å². The quantitative estimate of drug-likeness (QED) is 0.750. The number of rotatable bonds is 1. The predicted octanol–water partition coefficient (Wildman–Crippen LogP) is 1.78. The highest BCUT2D eigenvalue weighted by Crippen LogP contribution is 2.25. The minimum absolute atomic E-state index is 0.0457. The summed E-state index contributed by atoms with van der Waals surface area (Å²) < 4.78 is 7.20. The van der Waals surface area contributed by atoms with Crippen molar-refractivity contribution in [3.05, 3.63) is 40.3 Å². The molecule has 4 heteroatoms. The van der Waals surface area contributed by atoms with E-state index in [0.717, 1.165) is 30.5 Å². The van der Waals surface area contributed by atoms with Crippen molar-refractivity contribution < 1.29 is 4.74 Å². The van der Waals surface area contributed by atoms with Gasteiger partial charge in [0.15, 0.2) is 0 Å². The maximum absolute atomic E-state index is 12.2. The van der Waals surface area contributed by atoms with Crippen LogP contribution in [0.25, 0.3) is 11.0 Å². The van der Waals surface area contributed by atoms with E-state index in [1.165, 1.54) is 0 Å². The van der Waals surface area contributed by atoms with Gasteiger partial charge in [0.1, 0.15) is 11.8 Å². The SMILES string of the molecule is Cn1c(=O)c([C@H]2CCCO2)nc2ccccc21. The Morgan fingerprint density at radius 2 is 2.24 bits per heavy atom. The van der Waals surface area contributed by atoms with Gasteiger partial charge in [-0.15, -0.1) is 0 Å². The molecule has 0 aliphatic carbocycles. The van der Waals surface area contributed by atoms with E-state index in [2.05, 4.69) is 4.98 Å². The highest BCUT2D eigenvalue weighted by molar-refractivity contribution is 5.74. The summed E-state index contributed by atoms with van der Waals surface area (Å²) in [4.78, 5) is 16.6. The molecule has 0 saturated carbocycles. The molecule has 1 aromatic carbocycles. The second kappa shape index (κ2) is 3.96. The summed E-state index contributed by atoms with van der Waals surface area (Å²) in [5.74, 6) is 0. The average molecular weight is 230 g/mol. The lowest BCUT2D eigenvalue weighted by Gasteiger charge is -2.11. The fourth-order valence-corrected chi connectivity index (χ4v) is 2.30. The van der Waals surface area contributed by atoms with Crippen LogP contribution in [0.5, 0.6) is 0 Å². The summed E-state index contributed by atoms with van der Waals surface area (Å²) in [6.45, 7) is 0.725. The standard InChI is InChI=1S/C13H14N2O2/c1-15-10-6-3-2-5-9(10)14-12(13(15)16)11-7-4-8-17-11/h2-3,5-6,11H,4,7-8H2,1H3/t11-/m1/s1. The Morgan fingerprint density at radius 3 is 3.00 bits per heavy atom. The van der Waals surface area contributed by atoms with Gasteiger partial charge in [0.25, 0.3) is 5.56 Å². The summed E-state index contributed by atoms with van der Waals surface area (Å²) in [5, 5.41) is 0. The molecule has 88 valence electrons. The van der Waals surface area contributed by atoms with Crippen LogP contribution in [0.3, 0.4) is 0 Å². The van der Waals surface area contributed by atoms with Crippen molar-refractivity contribution in [1.82, 2.24) is 9.55 Å². The Morgan fingerprint density at radius 1 is 1.41 bits per heavy atom. The fraction of sp³-hybridized carbons (Fsp3) is 0.385. The monoisotopic (exact) mass is 230 g/mol. The van der Waals surface area contributed by atoms with E-state index in [4.69, 9.17) is 4.74 Å². The molecule has 17 heavy (non-hydrogen) atoms. The molecule has 2 heterocycles. The van der Waals surface area contributed by atoms with Gasteiger partial charge in [-0.2, -0.15) is 0 Å². The molecular weight excluding hydrogens is 216 g/mol. The summed E-state index contributed by atoms with van der Waals surface area (Å²) in [7, 11) is 1.78. The van der Waals surface area contributed by atoms with Gasteiger partial charge < -0.3 is 9.30 Å². The van der Waals surface area contributed by atoms with E-state index < -0.39 is 0 Å². The fourth-order valence-electron chi connectivity index (χ4n) is 2.30. The van der Waals surface area contributed by atoms with Gasteiger partial charge in [-0.1, -0.05) is 12.1 Å². The summed E-state index contributed by atoms with van der Waals surface area (Å²) >= 11 is 0. The van der Waals surface area contributed by atoms with Crippen molar-refractivity contribution in [1.29, 1.82) is 0 Å². The van der Waals surface area contributed by atoms with Gasteiger partial charge in [0.2, 0.25) is 0 Å². The molecule has 1 fully saturated rings. The maximum atomic E-state index is 12.2. The summed E-state index contributed by atoms with van der Waals surface area (Å²) in [6.07, 6.45) is 1.77. The number of hydrogen-bond donors (Lipinski definition) is 0. The molecule has 1 atom stereocenters. The molecule has 0 amide bonds. The molecule has 0 unspecified atom stereocenters. The lowest BCUT2D eigenvalue weighted by Crippen LogP contribution is -2.25. The van der Waals surface area contributed by atoms with Gasteiger partial charge in [-0.25, -0.2) is 4.98 Å². The predicted molar refractivity (Wildman–Crippen MR) is 64.9 cm³/mol. The highest BCUT2D eigenvalue weighted by atomic mass is 16.5. The third kappa shape index (κ3) is 1.65. The lowest BCUT2D eigenvalue weighted by molar-refractivity contribution is 0.107. The molecule has 1 aliphatic rings. The Hall–Kier alpha value is -1.68. The highest BCUT2D eigenvalue weighted by Gasteiger charge is 2.23. The zero-order chi connectivity index (χ0) is 11.8. The van der Waals surface area contributed by atoms with E-state index in [-0.39, 0.29) is 11.7 Å². The number of hydrogen-bond acceptors (Lipinski definition) is 3. The normalized spacial score (nSPS) is 19.9. The third-order valence-electron chi connectivity index (χ3n) is 3.24. The molecule has 3 rings (SSSR count). The zero-order valence-electron chi connectivity index (χ0n) is 9.72. The van der Waals surface area contributed by atoms with Crippen molar-refractivity contribution in [2.75, 3.05) is 6.61 Å². The minimum Gasteiger partial charge on any atom is -0.372 e. The van der Waals surface area contributed by atoms with Crippen LogP contribution in [0.15, 0.2) is 29.1 Å². The van der Waals surface area contributed by atoms with Gasteiger partial charge >= 0.3 is 0 Å². The average Bonchev–Trinajstić information content (AvgIpc) is 2.87. The first kappa shape index (κ1) is 10.5. The second-order valence-corrected chi connectivity index (χ2v) is 4.35. The second-order valence-electron chi connectivity index (χ2n) is 4.35. The summed E-state index contributed by atoms with van der Waals surface area (Å²) in [6, 6.07) is 7.67. The number of nitrogens with zero attached hydrogens (tertiary/aromatic N) is 2. The number of para-hydroxylation sites is 2. The van der Waals surface area contributed by atoms with Gasteiger partial charge in [-0.3, -0.25) is 4.79 Å². The molecule has 1 saturated heterocycles. The van der Waals surface area contributed by atoms with Crippen molar-refractivity contribution in [2.45, 2.75) is 18.9 Å². The van der Waals surface area contributed by atoms with Crippen LogP contribution in [0.4, 0.5) is 0 Å². The molecule has 0 radical (unpaired) electrons. The van der Waals surface area contributed by atoms with Crippen LogP contribution < -0.4 is 5.56 Å². The van der Waals surface area contributed by atoms with Gasteiger partial charge in [0.05, 0.1) is 11.0 Å². The first-order valence-corrected chi connectivity index (χ1v) is 5.84. The number of aryl methyl sites for hydroxylation is 1. The van der Waals surface area contributed by atoms with Crippen LogP contribution in [-0.4, -0.2) is 16.2 Å². The van der Waals surface area contributed by atoms with E-state index in [0.29, 0.717) is 5.69 Å². The van der Waals surface area contributed by atoms with E-state index in [1.807, 2.05) is 24.3 Å². The van der Waals surface area contributed by atoms with Crippen molar-refractivity contribution in [2.24, 2.45) is 7.05 Å². The van der Waals surface area contributed by atoms with Gasteiger partial charge in [0, 0.05) is 13.7 Å². The van der Waals surface area contributed by atoms with Crippen molar-refractivity contribution in [3.63, 3.8) is 0 Å². The Labute approximate surface area is 98.9 Å². The molecule has 4 nitrogen and oxygen atoms in total. The smallest absolute Gasteiger partial charge is 0.275 e. The van der Waals surface area contributed by atoms with Crippen LogP contribution in [0.2, 0.25) is 0 Å². The molecule has 0 bridgehead atoms. The number of fused-ring (bicyclic) bond motifs is 1. The Balaban J connectivity index is 2.25. The molecular formula is C13H14N2O2. The number of aromatic nitrogens is 2. The number of ether oxygens (including phenoxy) is 1. The molecule has 0 spiro atoms. The molecule has 1 aliphatic heterocycles. The van der Waals surface area contributed by atoms with E-state index >= 15 is 0 Å². The van der Waals surface area contributed by atoms with Crippen molar-refractivity contribution in [3.8, 4) is 0 Å². The van der Waals surface area contributed by atoms with Gasteiger partial charge in [-0.05, 0) is 25.0 Å². The van der Waals surface area contributed by atoms with Crippen LogP contribution >= 0.6 is 0 Å². The molecule has 0 N–H and O–H groups in total. The lowest BCUT2D eigenvalue weighted by atomic mass is 10.1. The zero-order valence-corrected chi connectivity index (χ0v) is 9.72. The first-order valence-electron chi connectivity index (χ1n) is 5.84. The van der Waals surface area contributed by atoms with Crippen LogP contribution in [-0.2, 0) is 11.8 Å². The van der Waals surface area contributed by atoms with Crippen LogP contribution in [0, 0.1) is 0 Å². The van der Waals surface area contributed by atoms with Crippen LogP contribution in [0.1, 0.15) is 24.6 Å². The Bertz CT molecular complexity index is 612.